The molecule has 0 bridgehead atoms. The third kappa shape index (κ3) is 3.23. The van der Waals surface area contributed by atoms with Crippen LogP contribution in [-0.2, 0) is 4.74 Å². The Bertz CT molecular complexity index is 171. The molecule has 0 spiro atoms. The fourth-order valence-electron chi connectivity index (χ4n) is 1.57. The predicted octanol–water partition coefficient (Wildman–Crippen LogP) is 1.11. The van der Waals surface area contributed by atoms with Crippen molar-refractivity contribution in [3.8, 4) is 0 Å². The molecule has 1 fully saturated rings. The summed E-state index contributed by atoms with van der Waals surface area (Å²) < 4.78 is 5.32. The molecule has 0 aromatic heterocycles. The molecule has 2 unspecified atom stereocenters. The molecule has 1 heterocycles. The fourth-order valence-corrected chi connectivity index (χ4v) is 1.57. The van der Waals surface area contributed by atoms with Gasteiger partial charge in [-0.1, -0.05) is 20.8 Å². The highest BCUT2D eigenvalue weighted by Gasteiger charge is 2.27. The van der Waals surface area contributed by atoms with Crippen molar-refractivity contribution in [1.29, 1.82) is 0 Å². The second-order valence-corrected chi connectivity index (χ2v) is 5.34. The number of aliphatic hydroxyl groups excluding tert-OH is 1. The van der Waals surface area contributed by atoms with Crippen molar-refractivity contribution in [2.45, 2.75) is 39.3 Å². The Balaban J connectivity index is 2.35. The average molecular weight is 201 g/mol. The number of hydrogen-bond donors (Lipinski definition) is 1. The summed E-state index contributed by atoms with van der Waals surface area (Å²) in [5.41, 5.74) is -0.0340. The van der Waals surface area contributed by atoms with Crippen molar-refractivity contribution in [3.05, 3.63) is 0 Å². The van der Waals surface area contributed by atoms with Crippen LogP contribution in [0, 0.1) is 5.41 Å². The van der Waals surface area contributed by atoms with Crippen LogP contribution in [0.2, 0.25) is 0 Å². The van der Waals surface area contributed by atoms with Gasteiger partial charge in [0.15, 0.2) is 0 Å². The molecule has 1 N–H and O–H groups in total. The molecule has 1 saturated heterocycles. The lowest BCUT2D eigenvalue weighted by atomic mass is 9.89. The Morgan fingerprint density at radius 1 is 1.50 bits per heavy atom. The Kier molecular flexibility index (Phi) is 3.93. The molecule has 1 aliphatic rings. The summed E-state index contributed by atoms with van der Waals surface area (Å²) in [4.78, 5) is 2.21. The van der Waals surface area contributed by atoms with Crippen molar-refractivity contribution in [2.24, 2.45) is 5.41 Å². The van der Waals surface area contributed by atoms with E-state index in [1.807, 2.05) is 0 Å². The normalized spacial score (nSPS) is 25.7. The van der Waals surface area contributed by atoms with E-state index in [0.29, 0.717) is 6.04 Å². The largest absolute Gasteiger partial charge is 0.391 e. The highest BCUT2D eigenvalue weighted by molar-refractivity contribution is 4.80. The second kappa shape index (κ2) is 4.60. The maximum absolute atomic E-state index is 9.93. The van der Waals surface area contributed by atoms with Crippen molar-refractivity contribution < 1.29 is 9.84 Å². The van der Waals surface area contributed by atoms with E-state index in [9.17, 15) is 5.11 Å². The number of rotatable bonds is 3. The van der Waals surface area contributed by atoms with Crippen LogP contribution in [0.15, 0.2) is 0 Å². The molecule has 0 aromatic carbocycles. The maximum Gasteiger partial charge on any atom is 0.0715 e. The monoisotopic (exact) mass is 201 g/mol. The van der Waals surface area contributed by atoms with Crippen LogP contribution in [0.25, 0.3) is 0 Å². The lowest BCUT2D eigenvalue weighted by molar-refractivity contribution is 0.0228. The van der Waals surface area contributed by atoms with E-state index in [1.54, 1.807) is 0 Å². The van der Waals surface area contributed by atoms with E-state index in [1.165, 1.54) is 0 Å². The zero-order valence-corrected chi connectivity index (χ0v) is 9.79. The lowest BCUT2D eigenvalue weighted by Crippen LogP contribution is -2.42. The standard InChI is InChI=1S/C11H23NO2/c1-11(2,3)10(13)7-12(4)9-5-6-14-8-9/h9-10,13H,5-8H2,1-4H3. The minimum atomic E-state index is -0.270. The fraction of sp³-hybridized carbons (Fsp3) is 1.00. The minimum Gasteiger partial charge on any atom is -0.391 e. The molecule has 84 valence electrons. The topological polar surface area (TPSA) is 32.7 Å². The summed E-state index contributed by atoms with van der Waals surface area (Å²) >= 11 is 0. The predicted molar refractivity (Wildman–Crippen MR) is 57.3 cm³/mol. The van der Waals surface area contributed by atoms with Gasteiger partial charge < -0.3 is 9.84 Å². The van der Waals surface area contributed by atoms with Gasteiger partial charge in [-0.2, -0.15) is 0 Å². The van der Waals surface area contributed by atoms with Crippen LogP contribution in [0.4, 0.5) is 0 Å². The van der Waals surface area contributed by atoms with Gasteiger partial charge >= 0.3 is 0 Å². The first-order valence-electron chi connectivity index (χ1n) is 5.37. The Morgan fingerprint density at radius 3 is 2.57 bits per heavy atom. The molecule has 1 rings (SSSR count). The minimum absolute atomic E-state index is 0.0340. The Labute approximate surface area is 87.1 Å². The van der Waals surface area contributed by atoms with Gasteiger partial charge in [-0.25, -0.2) is 0 Å². The molecule has 0 aliphatic carbocycles. The molecule has 14 heavy (non-hydrogen) atoms. The Hall–Kier alpha value is -0.120. The Morgan fingerprint density at radius 2 is 2.14 bits per heavy atom. The molecule has 0 radical (unpaired) electrons. The van der Waals surface area contributed by atoms with E-state index in [2.05, 4.69) is 32.7 Å². The molecule has 1 aliphatic heterocycles. The van der Waals surface area contributed by atoms with Gasteiger partial charge in [0.25, 0.3) is 0 Å². The van der Waals surface area contributed by atoms with E-state index >= 15 is 0 Å². The van der Waals surface area contributed by atoms with E-state index < -0.39 is 0 Å². The van der Waals surface area contributed by atoms with Crippen LogP contribution in [0.3, 0.4) is 0 Å². The first-order chi connectivity index (χ1) is 6.41. The van der Waals surface area contributed by atoms with Crippen molar-refractivity contribution >= 4 is 0 Å². The van der Waals surface area contributed by atoms with Crippen LogP contribution < -0.4 is 0 Å². The van der Waals surface area contributed by atoms with E-state index in [-0.39, 0.29) is 11.5 Å². The summed E-state index contributed by atoms with van der Waals surface area (Å²) in [5.74, 6) is 0. The second-order valence-electron chi connectivity index (χ2n) is 5.34. The quantitative estimate of drug-likeness (QED) is 0.742. The van der Waals surface area contributed by atoms with Gasteiger partial charge in [-0.3, -0.25) is 4.90 Å². The maximum atomic E-state index is 9.93. The zero-order valence-electron chi connectivity index (χ0n) is 9.79. The van der Waals surface area contributed by atoms with Gasteiger partial charge in [0, 0.05) is 19.2 Å². The molecule has 3 nitrogen and oxygen atoms in total. The summed E-state index contributed by atoms with van der Waals surface area (Å²) in [6.07, 6.45) is 0.820. The number of nitrogens with zero attached hydrogens (tertiary/aromatic N) is 1. The highest BCUT2D eigenvalue weighted by Crippen LogP contribution is 2.21. The van der Waals surface area contributed by atoms with Crippen LogP contribution in [-0.4, -0.2) is 49.0 Å². The molecular formula is C11H23NO2. The average Bonchev–Trinajstić information content (AvgIpc) is 2.53. The number of aliphatic hydroxyl groups is 1. The van der Waals surface area contributed by atoms with Crippen molar-refractivity contribution in [2.75, 3.05) is 26.8 Å². The smallest absolute Gasteiger partial charge is 0.0715 e. The van der Waals surface area contributed by atoms with Crippen LogP contribution >= 0.6 is 0 Å². The van der Waals surface area contributed by atoms with Gasteiger partial charge in [0.1, 0.15) is 0 Å². The van der Waals surface area contributed by atoms with Gasteiger partial charge in [0.2, 0.25) is 0 Å². The van der Waals surface area contributed by atoms with Gasteiger partial charge in [0.05, 0.1) is 12.7 Å². The first-order valence-corrected chi connectivity index (χ1v) is 5.37. The van der Waals surface area contributed by atoms with Gasteiger partial charge in [-0.05, 0) is 18.9 Å². The van der Waals surface area contributed by atoms with Gasteiger partial charge in [-0.15, -0.1) is 0 Å². The van der Waals surface area contributed by atoms with Crippen molar-refractivity contribution in [3.63, 3.8) is 0 Å². The van der Waals surface area contributed by atoms with Crippen molar-refractivity contribution in [1.82, 2.24) is 4.90 Å². The molecule has 0 saturated carbocycles. The molecule has 0 amide bonds. The SMILES string of the molecule is CN(CC(O)C(C)(C)C)C1CCOC1. The zero-order chi connectivity index (χ0) is 10.8. The number of ether oxygens (including phenoxy) is 1. The van der Waals surface area contributed by atoms with E-state index in [0.717, 1.165) is 26.2 Å². The number of likely N-dealkylation sites (N-methyl/N-ethyl adjacent to an activating group) is 1. The lowest BCUT2D eigenvalue weighted by Gasteiger charge is -2.32. The number of hydrogen-bond acceptors (Lipinski definition) is 3. The van der Waals surface area contributed by atoms with E-state index in [4.69, 9.17) is 4.74 Å². The summed E-state index contributed by atoms with van der Waals surface area (Å²) in [6.45, 7) is 8.61. The van der Waals surface area contributed by atoms with Crippen LogP contribution in [0.1, 0.15) is 27.2 Å². The third-order valence-corrected chi connectivity index (χ3v) is 2.99. The molecular weight excluding hydrogens is 178 g/mol. The first kappa shape index (κ1) is 12.0. The third-order valence-electron chi connectivity index (χ3n) is 2.99. The van der Waals surface area contributed by atoms with Crippen LogP contribution in [0.5, 0.6) is 0 Å². The summed E-state index contributed by atoms with van der Waals surface area (Å²) in [6, 6.07) is 0.493. The summed E-state index contributed by atoms with van der Waals surface area (Å²) in [7, 11) is 2.06. The molecule has 3 heteroatoms. The highest BCUT2D eigenvalue weighted by atomic mass is 16.5. The summed E-state index contributed by atoms with van der Waals surface area (Å²) in [5, 5.41) is 9.93. The molecule has 0 aromatic rings. The molecule has 2 atom stereocenters.